The van der Waals surface area contributed by atoms with E-state index in [0.29, 0.717) is 0 Å². The molecule has 0 amide bonds. The smallest absolute Gasteiger partial charge is 0.0314 e. The first kappa shape index (κ1) is 29.7. The summed E-state index contributed by atoms with van der Waals surface area (Å²) in [6.45, 7) is 0. The van der Waals surface area contributed by atoms with Crippen LogP contribution >= 0.6 is 0 Å². The summed E-state index contributed by atoms with van der Waals surface area (Å²) in [5.74, 6) is 0. The SMILES string of the molecule is Nc1ccc(-c2ccc(-c3ccc4c5c(cccc35)-c3c-4c(-c4cccc5ccccc45)c4ccccc4c3-c3cccc4ccccc34)cc2)cc1. The van der Waals surface area contributed by atoms with E-state index < -0.39 is 0 Å². The van der Waals surface area contributed by atoms with E-state index in [0.717, 1.165) is 11.3 Å². The third kappa shape index (κ3) is 4.44. The first-order valence-corrected chi connectivity index (χ1v) is 18.3. The van der Waals surface area contributed by atoms with Crippen LogP contribution in [0.15, 0.2) is 188 Å². The highest BCUT2D eigenvalue weighted by Gasteiger charge is 2.32. The summed E-state index contributed by atoms with van der Waals surface area (Å²) in [5, 5.41) is 10.2. The maximum atomic E-state index is 5.98. The van der Waals surface area contributed by atoms with Gasteiger partial charge in [-0.2, -0.15) is 0 Å². The van der Waals surface area contributed by atoms with E-state index in [1.54, 1.807) is 0 Å². The number of hydrogen-bond acceptors (Lipinski definition) is 1. The number of nitrogens with two attached hydrogens (primary N) is 1. The van der Waals surface area contributed by atoms with Crippen molar-refractivity contribution in [2.75, 3.05) is 5.73 Å². The summed E-state index contributed by atoms with van der Waals surface area (Å²) < 4.78 is 0. The predicted octanol–water partition coefficient (Wildman–Crippen LogP) is 14.2. The van der Waals surface area contributed by atoms with Gasteiger partial charge in [-0.15, -0.1) is 0 Å². The molecule has 0 aliphatic heterocycles. The number of benzene rings is 10. The standard InChI is InChI=1S/C52H33N/c53-37-28-26-33(27-29-37)32-22-24-36(25-23-32)40-30-31-47-48-41(40)20-9-21-46(48)51-49(42-18-7-12-34-10-1-3-14-38(34)42)44-16-5-6-17-45(44)50(52(47)51)43-19-8-13-35-11-2-4-15-39(35)43/h1-31H,53H2. The topological polar surface area (TPSA) is 26.0 Å². The Bertz CT molecular complexity index is 2950. The zero-order chi connectivity index (χ0) is 35.0. The summed E-state index contributed by atoms with van der Waals surface area (Å²) in [7, 11) is 0. The molecule has 10 aromatic carbocycles. The molecule has 246 valence electrons. The highest BCUT2D eigenvalue weighted by molar-refractivity contribution is 6.30. The lowest BCUT2D eigenvalue weighted by Crippen LogP contribution is -1.94. The third-order valence-electron chi connectivity index (χ3n) is 11.4. The summed E-state index contributed by atoms with van der Waals surface area (Å²) in [6, 6.07) is 68.9. The first-order chi connectivity index (χ1) is 26.2. The molecule has 0 unspecified atom stereocenters. The Morgan fingerprint density at radius 3 is 1.23 bits per heavy atom. The second kappa shape index (κ2) is 11.5. The van der Waals surface area contributed by atoms with E-state index >= 15 is 0 Å². The summed E-state index contributed by atoms with van der Waals surface area (Å²) in [5.41, 5.74) is 21.9. The van der Waals surface area contributed by atoms with Gasteiger partial charge in [0.2, 0.25) is 0 Å². The van der Waals surface area contributed by atoms with Crippen molar-refractivity contribution in [1.82, 2.24) is 0 Å². The molecule has 1 aliphatic rings. The molecule has 11 rings (SSSR count). The minimum atomic E-state index is 0.777. The van der Waals surface area contributed by atoms with Crippen molar-refractivity contribution >= 4 is 48.8 Å². The van der Waals surface area contributed by atoms with Crippen molar-refractivity contribution in [3.63, 3.8) is 0 Å². The van der Waals surface area contributed by atoms with Crippen LogP contribution in [0, 0.1) is 0 Å². The average Bonchev–Trinajstić information content (AvgIpc) is 3.55. The molecule has 0 heterocycles. The molecule has 0 aromatic heterocycles. The Balaban J connectivity index is 1.24. The lowest BCUT2D eigenvalue weighted by Gasteiger charge is -2.22. The van der Waals surface area contributed by atoms with Gasteiger partial charge in [0.15, 0.2) is 0 Å². The van der Waals surface area contributed by atoms with Gasteiger partial charge in [0.05, 0.1) is 0 Å². The molecule has 0 atom stereocenters. The van der Waals surface area contributed by atoms with Crippen molar-refractivity contribution in [2.45, 2.75) is 0 Å². The molecule has 53 heavy (non-hydrogen) atoms. The molecule has 0 saturated carbocycles. The quantitative estimate of drug-likeness (QED) is 0.185. The lowest BCUT2D eigenvalue weighted by atomic mass is 9.81. The van der Waals surface area contributed by atoms with E-state index in [4.69, 9.17) is 5.73 Å². The van der Waals surface area contributed by atoms with Gasteiger partial charge in [-0.05, 0) is 122 Å². The van der Waals surface area contributed by atoms with E-state index in [-0.39, 0.29) is 0 Å². The van der Waals surface area contributed by atoms with Crippen LogP contribution in [0.5, 0.6) is 0 Å². The largest absolute Gasteiger partial charge is 0.399 e. The number of fused-ring (bicyclic) bond motifs is 6. The Morgan fingerprint density at radius 1 is 0.245 bits per heavy atom. The predicted molar refractivity (Wildman–Crippen MR) is 227 cm³/mol. The summed E-state index contributed by atoms with van der Waals surface area (Å²) >= 11 is 0. The van der Waals surface area contributed by atoms with Crippen LogP contribution in [0.3, 0.4) is 0 Å². The molecule has 1 heteroatoms. The van der Waals surface area contributed by atoms with Gasteiger partial charge in [0.1, 0.15) is 0 Å². The van der Waals surface area contributed by atoms with Crippen LogP contribution in [0.25, 0.3) is 110 Å². The highest BCUT2D eigenvalue weighted by Crippen LogP contribution is 2.59. The van der Waals surface area contributed by atoms with Crippen LogP contribution < -0.4 is 5.73 Å². The number of nitrogen functional groups attached to an aromatic ring is 1. The highest BCUT2D eigenvalue weighted by atomic mass is 14.5. The Hall–Kier alpha value is -6.96. The second-order valence-electron chi connectivity index (χ2n) is 14.2. The molecule has 10 aromatic rings. The Labute approximate surface area is 308 Å². The van der Waals surface area contributed by atoms with Crippen molar-refractivity contribution < 1.29 is 0 Å². The monoisotopic (exact) mass is 671 g/mol. The Kier molecular flexibility index (Phi) is 6.47. The van der Waals surface area contributed by atoms with Crippen molar-refractivity contribution in [3.05, 3.63) is 188 Å². The van der Waals surface area contributed by atoms with E-state index in [1.165, 1.54) is 104 Å². The normalized spacial score (nSPS) is 11.8. The van der Waals surface area contributed by atoms with Gasteiger partial charge in [0.25, 0.3) is 0 Å². The van der Waals surface area contributed by atoms with Crippen LogP contribution in [0.2, 0.25) is 0 Å². The van der Waals surface area contributed by atoms with E-state index in [1.807, 2.05) is 12.1 Å². The van der Waals surface area contributed by atoms with Gasteiger partial charge in [0, 0.05) is 5.69 Å². The molecule has 0 spiro atoms. The number of anilines is 1. The Morgan fingerprint density at radius 2 is 0.642 bits per heavy atom. The second-order valence-corrected chi connectivity index (χ2v) is 14.2. The van der Waals surface area contributed by atoms with Gasteiger partial charge < -0.3 is 5.73 Å². The third-order valence-corrected chi connectivity index (χ3v) is 11.4. The molecule has 0 bridgehead atoms. The molecule has 2 N–H and O–H groups in total. The van der Waals surface area contributed by atoms with Crippen LogP contribution in [0.1, 0.15) is 0 Å². The first-order valence-electron chi connectivity index (χ1n) is 18.3. The van der Waals surface area contributed by atoms with Crippen molar-refractivity contribution in [2.24, 2.45) is 0 Å². The maximum absolute atomic E-state index is 5.98. The minimum Gasteiger partial charge on any atom is -0.399 e. The molecular weight excluding hydrogens is 639 g/mol. The molecule has 0 fully saturated rings. The van der Waals surface area contributed by atoms with Gasteiger partial charge in [-0.25, -0.2) is 0 Å². The minimum absolute atomic E-state index is 0.777. The van der Waals surface area contributed by atoms with E-state index in [2.05, 4.69) is 176 Å². The zero-order valence-corrected chi connectivity index (χ0v) is 29.0. The van der Waals surface area contributed by atoms with E-state index in [9.17, 15) is 0 Å². The fourth-order valence-electron chi connectivity index (χ4n) is 9.02. The van der Waals surface area contributed by atoms with Crippen LogP contribution in [0.4, 0.5) is 5.69 Å². The van der Waals surface area contributed by atoms with Crippen LogP contribution in [-0.4, -0.2) is 0 Å². The fraction of sp³-hybridized carbons (Fsp3) is 0. The number of rotatable bonds is 4. The number of hydrogen-bond donors (Lipinski definition) is 1. The van der Waals surface area contributed by atoms with Gasteiger partial charge >= 0.3 is 0 Å². The van der Waals surface area contributed by atoms with Crippen molar-refractivity contribution in [3.8, 4) is 66.8 Å². The van der Waals surface area contributed by atoms with Gasteiger partial charge in [-0.1, -0.05) is 176 Å². The maximum Gasteiger partial charge on any atom is 0.0314 e. The molecular formula is C52H33N. The molecule has 0 saturated heterocycles. The van der Waals surface area contributed by atoms with Crippen LogP contribution in [-0.2, 0) is 0 Å². The average molecular weight is 672 g/mol. The fourth-order valence-corrected chi connectivity index (χ4v) is 9.02. The molecule has 1 aliphatic carbocycles. The lowest BCUT2D eigenvalue weighted by molar-refractivity contribution is 1.60. The van der Waals surface area contributed by atoms with Crippen molar-refractivity contribution in [1.29, 1.82) is 0 Å². The summed E-state index contributed by atoms with van der Waals surface area (Å²) in [4.78, 5) is 0. The van der Waals surface area contributed by atoms with Gasteiger partial charge in [-0.3, -0.25) is 0 Å². The molecule has 0 radical (unpaired) electrons. The summed E-state index contributed by atoms with van der Waals surface area (Å²) in [6.07, 6.45) is 0. The molecule has 1 nitrogen and oxygen atoms in total. The zero-order valence-electron chi connectivity index (χ0n) is 29.0.